The van der Waals surface area contributed by atoms with Crippen LogP contribution in [0.3, 0.4) is 0 Å². The number of sulfonamides is 1. The molecule has 0 spiro atoms. The average Bonchev–Trinajstić information content (AvgIpc) is 2.71. The van der Waals surface area contributed by atoms with E-state index in [1.54, 1.807) is 23.1 Å². The molecule has 2 atom stereocenters. The zero-order valence-electron chi connectivity index (χ0n) is 18.0. The molecule has 1 fully saturated rings. The molecular weight excluding hydrogens is 404 g/mol. The van der Waals surface area contributed by atoms with Gasteiger partial charge in [-0.2, -0.15) is 4.31 Å². The quantitative estimate of drug-likeness (QED) is 0.735. The van der Waals surface area contributed by atoms with Crippen LogP contribution < -0.4 is 0 Å². The Labute approximate surface area is 178 Å². The molecule has 7 nitrogen and oxygen atoms in total. The van der Waals surface area contributed by atoms with Crippen molar-refractivity contribution in [3.63, 3.8) is 0 Å². The van der Waals surface area contributed by atoms with Gasteiger partial charge in [-0.15, -0.1) is 0 Å². The summed E-state index contributed by atoms with van der Waals surface area (Å²) in [5.41, 5.74) is 4.06. The maximum atomic E-state index is 13.1. The Morgan fingerprint density at radius 1 is 0.900 bits per heavy atom. The van der Waals surface area contributed by atoms with E-state index < -0.39 is 27.8 Å². The summed E-state index contributed by atoms with van der Waals surface area (Å²) >= 11 is 0. The van der Waals surface area contributed by atoms with Crippen molar-refractivity contribution >= 4 is 21.9 Å². The fourth-order valence-electron chi connectivity index (χ4n) is 4.22. The van der Waals surface area contributed by atoms with Crippen LogP contribution in [0.2, 0.25) is 0 Å². The molecule has 1 aromatic rings. The SMILES string of the molecule is CC1=C(C)CC(C(=O)N2CCN(S(=O)(=O)c3ccc(C)c(C)c3)CC2)C(C(=O)O)C1. The van der Waals surface area contributed by atoms with Crippen LogP contribution in [0.5, 0.6) is 0 Å². The summed E-state index contributed by atoms with van der Waals surface area (Å²) in [5, 5.41) is 9.60. The molecule has 0 saturated carbocycles. The number of carboxylic acids is 1. The third-order valence-corrected chi connectivity index (χ3v) is 8.46. The van der Waals surface area contributed by atoms with Crippen molar-refractivity contribution in [3.8, 4) is 0 Å². The third kappa shape index (κ3) is 4.30. The molecule has 2 unspecified atom stereocenters. The molecular formula is C22H30N2O5S. The minimum atomic E-state index is -3.62. The lowest BCUT2D eigenvalue weighted by molar-refractivity contribution is -0.151. The lowest BCUT2D eigenvalue weighted by Gasteiger charge is -2.38. The number of hydrogen-bond donors (Lipinski definition) is 1. The van der Waals surface area contributed by atoms with Crippen LogP contribution in [-0.4, -0.2) is 60.8 Å². The maximum Gasteiger partial charge on any atom is 0.307 e. The molecule has 0 aromatic heterocycles. The van der Waals surface area contributed by atoms with Crippen LogP contribution in [0.1, 0.15) is 37.8 Å². The predicted octanol–water partition coefficient (Wildman–Crippen LogP) is 2.58. The van der Waals surface area contributed by atoms with E-state index in [1.807, 2.05) is 27.7 Å². The monoisotopic (exact) mass is 434 g/mol. The highest BCUT2D eigenvalue weighted by atomic mass is 32.2. The fraction of sp³-hybridized carbons (Fsp3) is 0.545. The van der Waals surface area contributed by atoms with Gasteiger partial charge in [-0.1, -0.05) is 17.2 Å². The van der Waals surface area contributed by atoms with Gasteiger partial charge < -0.3 is 10.0 Å². The van der Waals surface area contributed by atoms with Gasteiger partial charge in [0.15, 0.2) is 0 Å². The van der Waals surface area contributed by atoms with Gasteiger partial charge in [-0.25, -0.2) is 8.42 Å². The Morgan fingerprint density at radius 3 is 2.00 bits per heavy atom. The zero-order chi connectivity index (χ0) is 22.2. The Balaban J connectivity index is 1.71. The number of carbonyl (C=O) groups is 2. The fourth-order valence-corrected chi connectivity index (χ4v) is 5.73. The van der Waals surface area contributed by atoms with E-state index in [4.69, 9.17) is 0 Å². The van der Waals surface area contributed by atoms with Gasteiger partial charge in [0.1, 0.15) is 0 Å². The standard InChI is InChI=1S/C22H30N2O5S/c1-14-5-6-18(11-15(14)2)30(28,29)24-9-7-23(8-10-24)21(25)19-12-16(3)17(4)13-20(19)22(26)27/h5-6,11,19-20H,7-10,12-13H2,1-4H3,(H,26,27). The number of aliphatic carboxylic acids is 1. The second kappa shape index (κ2) is 8.51. The summed E-state index contributed by atoms with van der Waals surface area (Å²) in [7, 11) is -3.62. The maximum absolute atomic E-state index is 13.1. The number of carbonyl (C=O) groups excluding carboxylic acids is 1. The lowest BCUT2D eigenvalue weighted by atomic mass is 9.76. The normalized spacial score (nSPS) is 23.5. The number of rotatable bonds is 4. The number of amides is 1. The number of allylic oxidation sites excluding steroid dienone is 2. The van der Waals surface area contributed by atoms with E-state index >= 15 is 0 Å². The topological polar surface area (TPSA) is 95.0 Å². The van der Waals surface area contributed by atoms with Crippen molar-refractivity contribution in [1.29, 1.82) is 0 Å². The molecule has 1 amide bonds. The minimum Gasteiger partial charge on any atom is -0.481 e. The van der Waals surface area contributed by atoms with Gasteiger partial charge in [-0.05, 0) is 63.8 Å². The number of hydrogen-bond acceptors (Lipinski definition) is 4. The molecule has 1 aliphatic heterocycles. The van der Waals surface area contributed by atoms with Crippen LogP contribution in [0.15, 0.2) is 34.2 Å². The molecule has 1 aliphatic carbocycles. The smallest absolute Gasteiger partial charge is 0.307 e. The summed E-state index contributed by atoms with van der Waals surface area (Å²) < 4.78 is 27.4. The number of nitrogens with zero attached hydrogens (tertiary/aromatic N) is 2. The first kappa shape index (κ1) is 22.5. The third-order valence-electron chi connectivity index (χ3n) is 6.57. The van der Waals surface area contributed by atoms with Crippen LogP contribution in [0.4, 0.5) is 0 Å². The van der Waals surface area contributed by atoms with Crippen LogP contribution in [0, 0.1) is 25.7 Å². The summed E-state index contributed by atoms with van der Waals surface area (Å²) in [5.74, 6) is -2.44. The number of carboxylic acid groups (broad SMARTS) is 1. The Kier molecular flexibility index (Phi) is 6.38. The molecule has 0 radical (unpaired) electrons. The highest BCUT2D eigenvalue weighted by Crippen LogP contribution is 2.35. The van der Waals surface area contributed by atoms with E-state index in [1.165, 1.54) is 4.31 Å². The molecule has 2 aliphatic rings. The summed E-state index contributed by atoms with van der Waals surface area (Å²) in [6, 6.07) is 5.10. The molecule has 8 heteroatoms. The molecule has 1 heterocycles. The molecule has 1 aromatic carbocycles. The summed E-state index contributed by atoms with van der Waals surface area (Å²) in [4.78, 5) is 26.7. The second-order valence-electron chi connectivity index (χ2n) is 8.50. The lowest BCUT2D eigenvalue weighted by Crippen LogP contribution is -2.53. The second-order valence-corrected chi connectivity index (χ2v) is 10.4. The zero-order valence-corrected chi connectivity index (χ0v) is 18.8. The van der Waals surface area contributed by atoms with Gasteiger partial charge >= 0.3 is 5.97 Å². The average molecular weight is 435 g/mol. The first-order chi connectivity index (χ1) is 14.0. The Morgan fingerprint density at radius 2 is 1.47 bits per heavy atom. The van der Waals surface area contributed by atoms with Gasteiger partial charge in [0.2, 0.25) is 15.9 Å². The van der Waals surface area contributed by atoms with Crippen molar-refractivity contribution in [2.24, 2.45) is 11.8 Å². The van der Waals surface area contributed by atoms with Crippen LogP contribution >= 0.6 is 0 Å². The summed E-state index contributed by atoms with van der Waals surface area (Å²) in [6.45, 7) is 8.64. The van der Waals surface area contributed by atoms with Crippen molar-refractivity contribution in [1.82, 2.24) is 9.21 Å². The summed E-state index contributed by atoms with van der Waals surface area (Å²) in [6.07, 6.45) is 0.835. The van der Waals surface area contributed by atoms with Crippen molar-refractivity contribution in [3.05, 3.63) is 40.5 Å². The molecule has 30 heavy (non-hydrogen) atoms. The number of benzene rings is 1. The number of piperazine rings is 1. The van der Waals surface area contributed by atoms with Gasteiger partial charge in [-0.3, -0.25) is 9.59 Å². The molecule has 0 bridgehead atoms. The molecule has 1 saturated heterocycles. The molecule has 164 valence electrons. The Bertz CT molecular complexity index is 991. The largest absolute Gasteiger partial charge is 0.481 e. The molecule has 1 N–H and O–H groups in total. The van der Waals surface area contributed by atoms with Crippen LogP contribution in [0.25, 0.3) is 0 Å². The highest BCUT2D eigenvalue weighted by Gasteiger charge is 2.40. The van der Waals surface area contributed by atoms with Crippen molar-refractivity contribution in [2.75, 3.05) is 26.2 Å². The van der Waals surface area contributed by atoms with Crippen LogP contribution in [-0.2, 0) is 19.6 Å². The van der Waals surface area contributed by atoms with E-state index in [9.17, 15) is 23.1 Å². The Hall–Kier alpha value is -2.19. The van der Waals surface area contributed by atoms with E-state index in [2.05, 4.69) is 0 Å². The predicted molar refractivity (Wildman–Crippen MR) is 113 cm³/mol. The van der Waals surface area contributed by atoms with Crippen molar-refractivity contribution in [2.45, 2.75) is 45.4 Å². The minimum absolute atomic E-state index is 0.183. The first-order valence-corrected chi connectivity index (χ1v) is 11.7. The first-order valence-electron chi connectivity index (χ1n) is 10.3. The number of aryl methyl sites for hydroxylation is 2. The van der Waals surface area contributed by atoms with E-state index in [0.29, 0.717) is 12.8 Å². The van der Waals surface area contributed by atoms with Gasteiger partial charge in [0, 0.05) is 26.2 Å². The van der Waals surface area contributed by atoms with Gasteiger partial charge in [0.05, 0.1) is 16.7 Å². The highest BCUT2D eigenvalue weighted by molar-refractivity contribution is 7.89. The van der Waals surface area contributed by atoms with Crippen molar-refractivity contribution < 1.29 is 23.1 Å². The van der Waals surface area contributed by atoms with E-state index in [0.717, 1.165) is 22.3 Å². The molecule has 3 rings (SSSR count). The van der Waals surface area contributed by atoms with Gasteiger partial charge in [0.25, 0.3) is 0 Å². The van der Waals surface area contributed by atoms with E-state index in [-0.39, 0.29) is 37.0 Å².